The Kier molecular flexibility index (Phi) is 4.61. The molecule has 3 nitrogen and oxygen atoms in total. The van der Waals surface area contributed by atoms with Gasteiger partial charge in [0.2, 0.25) is 0 Å². The number of hydrogen-bond donors (Lipinski definition) is 1. The molecule has 1 heterocycles. The molecule has 0 bridgehead atoms. The second-order valence-corrected chi connectivity index (χ2v) is 6.89. The molecule has 0 amide bonds. The van der Waals surface area contributed by atoms with Gasteiger partial charge in [0, 0.05) is 12.2 Å². The van der Waals surface area contributed by atoms with Gasteiger partial charge in [-0.1, -0.05) is 29.5 Å². The zero-order chi connectivity index (χ0) is 11.6. The van der Waals surface area contributed by atoms with Crippen LogP contribution in [0.4, 0.5) is 0 Å². The molecule has 15 heavy (non-hydrogen) atoms. The highest BCUT2D eigenvalue weighted by Crippen LogP contribution is 2.30. The van der Waals surface area contributed by atoms with Gasteiger partial charge in [-0.3, -0.25) is 5.32 Å². The van der Waals surface area contributed by atoms with Gasteiger partial charge in [-0.25, -0.2) is 4.98 Å². The Morgan fingerprint density at radius 2 is 2.27 bits per heavy atom. The third kappa shape index (κ3) is 3.17. The largest absolute Gasteiger partial charge is 0.329 e. The quantitative estimate of drug-likeness (QED) is 0.488. The van der Waals surface area contributed by atoms with Gasteiger partial charge in [0.1, 0.15) is 14.0 Å². The highest BCUT2D eigenvalue weighted by atomic mass is 127. The maximum absolute atomic E-state index is 4.53. The van der Waals surface area contributed by atoms with Gasteiger partial charge in [0.15, 0.2) is 0 Å². The summed E-state index contributed by atoms with van der Waals surface area (Å²) < 4.78 is 2.97. The van der Waals surface area contributed by atoms with Gasteiger partial charge in [0.05, 0.1) is 0 Å². The van der Waals surface area contributed by atoms with Crippen LogP contribution >= 0.6 is 38.5 Å². The van der Waals surface area contributed by atoms with Crippen molar-refractivity contribution in [3.05, 3.63) is 16.6 Å². The molecule has 0 fully saturated rings. The number of hydrogen-bond acceptors (Lipinski definition) is 2. The van der Waals surface area contributed by atoms with Crippen molar-refractivity contribution in [2.45, 2.75) is 37.3 Å². The van der Waals surface area contributed by atoms with Crippen LogP contribution in [0.5, 0.6) is 0 Å². The van der Waals surface area contributed by atoms with Crippen molar-refractivity contribution in [3.63, 3.8) is 0 Å². The molecule has 0 saturated carbocycles. The second kappa shape index (κ2) is 5.14. The SMILES string of the molecule is CCNC(C)(I)c1nc(Br)cn1C(C)C. The number of rotatable bonds is 4. The number of nitrogens with one attached hydrogen (secondary N) is 1. The van der Waals surface area contributed by atoms with Crippen LogP contribution in [0.3, 0.4) is 0 Å². The zero-order valence-electron chi connectivity index (χ0n) is 9.51. The first kappa shape index (κ1) is 13.4. The minimum absolute atomic E-state index is 0.122. The van der Waals surface area contributed by atoms with Crippen molar-refractivity contribution >= 4 is 38.5 Å². The Labute approximate surface area is 113 Å². The van der Waals surface area contributed by atoms with Crippen molar-refractivity contribution in [3.8, 4) is 0 Å². The number of alkyl halides is 1. The molecule has 0 saturated heterocycles. The fourth-order valence-corrected chi connectivity index (χ4v) is 2.68. The molecule has 0 aliphatic rings. The predicted molar refractivity (Wildman–Crippen MR) is 75.4 cm³/mol. The van der Waals surface area contributed by atoms with Gasteiger partial charge < -0.3 is 4.57 Å². The summed E-state index contributed by atoms with van der Waals surface area (Å²) in [7, 11) is 0. The highest BCUT2D eigenvalue weighted by Gasteiger charge is 2.28. The molecular weight excluding hydrogens is 369 g/mol. The van der Waals surface area contributed by atoms with Gasteiger partial charge in [-0.15, -0.1) is 0 Å². The minimum atomic E-state index is -0.122. The molecule has 5 heteroatoms. The van der Waals surface area contributed by atoms with Crippen LogP contribution in [0.15, 0.2) is 10.8 Å². The molecule has 1 N–H and O–H groups in total. The van der Waals surface area contributed by atoms with Crippen molar-refractivity contribution < 1.29 is 0 Å². The van der Waals surface area contributed by atoms with E-state index in [0.29, 0.717) is 6.04 Å². The molecule has 1 atom stereocenters. The summed E-state index contributed by atoms with van der Waals surface area (Å²) in [5.41, 5.74) is 0. The Morgan fingerprint density at radius 1 is 1.67 bits per heavy atom. The van der Waals surface area contributed by atoms with Crippen LogP contribution in [0.25, 0.3) is 0 Å². The molecule has 0 radical (unpaired) electrons. The van der Waals surface area contributed by atoms with Crippen LogP contribution < -0.4 is 5.32 Å². The molecule has 1 rings (SSSR count). The lowest BCUT2D eigenvalue weighted by Gasteiger charge is -2.25. The number of halogens is 2. The standard InChI is InChI=1S/C10H17BrIN3/c1-5-13-10(4,12)9-14-8(11)6-15(9)7(2)3/h6-7,13H,5H2,1-4H3. The second-order valence-electron chi connectivity index (χ2n) is 3.92. The fourth-order valence-electron chi connectivity index (χ4n) is 1.52. The number of imidazole rings is 1. The minimum Gasteiger partial charge on any atom is -0.329 e. The first-order valence-corrected chi connectivity index (χ1v) is 6.94. The van der Waals surface area contributed by atoms with E-state index in [4.69, 9.17) is 0 Å². The smallest absolute Gasteiger partial charge is 0.140 e. The van der Waals surface area contributed by atoms with E-state index in [2.05, 4.69) is 81.1 Å². The van der Waals surface area contributed by atoms with Crippen LogP contribution in [0.2, 0.25) is 0 Å². The summed E-state index contributed by atoms with van der Waals surface area (Å²) in [5.74, 6) is 1.06. The molecule has 1 aromatic rings. The predicted octanol–water partition coefficient (Wildman–Crippen LogP) is 3.44. The lowest BCUT2D eigenvalue weighted by Crippen LogP contribution is -2.36. The van der Waals surface area contributed by atoms with Crippen molar-refractivity contribution in [1.82, 2.24) is 14.9 Å². The first-order chi connectivity index (χ1) is 6.88. The summed E-state index contributed by atoms with van der Waals surface area (Å²) in [4.78, 5) is 4.53. The van der Waals surface area contributed by atoms with E-state index < -0.39 is 0 Å². The number of nitrogens with zero attached hydrogens (tertiary/aromatic N) is 2. The maximum atomic E-state index is 4.53. The van der Waals surface area contributed by atoms with E-state index >= 15 is 0 Å². The first-order valence-electron chi connectivity index (χ1n) is 5.07. The topological polar surface area (TPSA) is 29.9 Å². The monoisotopic (exact) mass is 385 g/mol. The normalized spacial score (nSPS) is 15.7. The fraction of sp³-hybridized carbons (Fsp3) is 0.700. The van der Waals surface area contributed by atoms with Gasteiger partial charge >= 0.3 is 0 Å². The summed E-state index contributed by atoms with van der Waals surface area (Å²) in [6.45, 7) is 9.51. The van der Waals surface area contributed by atoms with Crippen LogP contribution in [-0.4, -0.2) is 16.1 Å². The lowest BCUT2D eigenvalue weighted by molar-refractivity contribution is 0.477. The van der Waals surface area contributed by atoms with Crippen LogP contribution in [0, 0.1) is 0 Å². The highest BCUT2D eigenvalue weighted by molar-refractivity contribution is 14.1. The van der Waals surface area contributed by atoms with Crippen molar-refractivity contribution in [2.24, 2.45) is 0 Å². The maximum Gasteiger partial charge on any atom is 0.140 e. The molecule has 0 aliphatic carbocycles. The Balaban J connectivity index is 3.12. The number of aromatic nitrogens is 2. The molecule has 1 aromatic heterocycles. The zero-order valence-corrected chi connectivity index (χ0v) is 13.3. The molecule has 0 spiro atoms. The summed E-state index contributed by atoms with van der Waals surface area (Å²) in [5, 5.41) is 3.43. The summed E-state index contributed by atoms with van der Waals surface area (Å²) >= 11 is 5.83. The van der Waals surface area contributed by atoms with E-state index in [0.717, 1.165) is 17.0 Å². The van der Waals surface area contributed by atoms with E-state index in [9.17, 15) is 0 Å². The van der Waals surface area contributed by atoms with E-state index in [1.165, 1.54) is 0 Å². The molecular formula is C10H17BrIN3. The molecule has 0 aromatic carbocycles. The average molecular weight is 386 g/mol. The van der Waals surface area contributed by atoms with Gasteiger partial charge in [-0.2, -0.15) is 0 Å². The molecule has 86 valence electrons. The molecule has 1 unspecified atom stereocenters. The Hall–Kier alpha value is 0.380. The third-order valence-corrected chi connectivity index (χ3v) is 3.43. The van der Waals surface area contributed by atoms with Crippen LogP contribution in [0.1, 0.15) is 39.6 Å². The van der Waals surface area contributed by atoms with E-state index in [-0.39, 0.29) is 3.55 Å². The average Bonchev–Trinajstić information content (AvgIpc) is 2.47. The van der Waals surface area contributed by atoms with Gasteiger partial charge in [0.25, 0.3) is 0 Å². The van der Waals surface area contributed by atoms with Crippen molar-refractivity contribution in [1.29, 1.82) is 0 Å². The van der Waals surface area contributed by atoms with E-state index in [1.54, 1.807) is 0 Å². The lowest BCUT2D eigenvalue weighted by atomic mass is 10.3. The van der Waals surface area contributed by atoms with Gasteiger partial charge in [-0.05, 0) is 43.2 Å². The Bertz CT molecular complexity index is 333. The van der Waals surface area contributed by atoms with E-state index in [1.807, 2.05) is 6.20 Å². The van der Waals surface area contributed by atoms with Crippen molar-refractivity contribution in [2.75, 3.05) is 6.54 Å². The van der Waals surface area contributed by atoms with Crippen LogP contribution in [-0.2, 0) is 3.55 Å². The molecule has 0 aliphatic heterocycles. The Morgan fingerprint density at radius 3 is 2.73 bits per heavy atom. The third-order valence-electron chi connectivity index (χ3n) is 2.19. The summed E-state index contributed by atoms with van der Waals surface area (Å²) in [6, 6.07) is 0.423. The summed E-state index contributed by atoms with van der Waals surface area (Å²) in [6.07, 6.45) is 2.04.